The highest BCUT2D eigenvalue weighted by Crippen LogP contribution is 2.25. The maximum absolute atomic E-state index is 13.2. The van der Waals surface area contributed by atoms with E-state index in [2.05, 4.69) is 26.1 Å². The van der Waals surface area contributed by atoms with Crippen LogP contribution in [0, 0.1) is 25.1 Å². The number of hydrogen-bond donors (Lipinski definition) is 1. The lowest BCUT2D eigenvalue weighted by Gasteiger charge is -2.25. The number of aryl methyl sites for hydroxylation is 2. The molecule has 0 spiro atoms. The van der Waals surface area contributed by atoms with Crippen LogP contribution in [0.5, 0.6) is 0 Å². The monoisotopic (exact) mass is 251 g/mol. The topological polar surface area (TPSA) is 12.0 Å². The summed E-state index contributed by atoms with van der Waals surface area (Å²) in [7, 11) is 0. The van der Waals surface area contributed by atoms with Gasteiger partial charge >= 0.3 is 0 Å². The Kier molecular flexibility index (Phi) is 5.33. The van der Waals surface area contributed by atoms with Crippen LogP contribution in [0.15, 0.2) is 12.1 Å². The van der Waals surface area contributed by atoms with Crippen molar-refractivity contribution in [2.24, 2.45) is 5.41 Å². The average Bonchev–Trinajstić information content (AvgIpc) is 2.24. The molecule has 1 rings (SSSR count). The number of hydrogen-bond acceptors (Lipinski definition) is 1. The van der Waals surface area contributed by atoms with Crippen LogP contribution in [0.1, 0.15) is 43.9 Å². The number of rotatable bonds is 6. The second-order valence-electron chi connectivity index (χ2n) is 5.96. The third kappa shape index (κ3) is 4.41. The first-order valence-electron chi connectivity index (χ1n) is 6.82. The minimum atomic E-state index is -0.124. The van der Waals surface area contributed by atoms with Crippen LogP contribution in [0.2, 0.25) is 0 Å². The van der Waals surface area contributed by atoms with Crippen LogP contribution in [-0.2, 0) is 6.42 Å². The lowest BCUT2D eigenvalue weighted by molar-refractivity contribution is 0.317. The predicted molar refractivity (Wildman–Crippen MR) is 76.5 cm³/mol. The van der Waals surface area contributed by atoms with E-state index in [-0.39, 0.29) is 11.2 Å². The SMILES string of the molecule is CCNCC(C)(C)CCc1c(C)cc(F)cc1C. The molecule has 0 fully saturated rings. The van der Waals surface area contributed by atoms with E-state index in [0.29, 0.717) is 0 Å². The molecule has 0 aliphatic carbocycles. The van der Waals surface area contributed by atoms with Gasteiger partial charge in [0.1, 0.15) is 5.82 Å². The van der Waals surface area contributed by atoms with Gasteiger partial charge in [-0.2, -0.15) is 0 Å². The summed E-state index contributed by atoms with van der Waals surface area (Å²) in [6.07, 6.45) is 2.14. The molecule has 0 bridgehead atoms. The molecule has 0 aliphatic rings. The first kappa shape index (κ1) is 15.2. The van der Waals surface area contributed by atoms with Crippen molar-refractivity contribution in [3.8, 4) is 0 Å². The molecule has 1 nitrogen and oxygen atoms in total. The highest BCUT2D eigenvalue weighted by Gasteiger charge is 2.18. The van der Waals surface area contributed by atoms with Crippen LogP contribution < -0.4 is 5.32 Å². The standard InChI is InChI=1S/C16H26FN/c1-6-18-11-16(4,5)8-7-15-12(2)9-14(17)10-13(15)3/h9-10,18H,6-8,11H2,1-5H3. The smallest absolute Gasteiger partial charge is 0.123 e. The highest BCUT2D eigenvalue weighted by molar-refractivity contribution is 5.34. The van der Waals surface area contributed by atoms with Crippen LogP contribution in [-0.4, -0.2) is 13.1 Å². The summed E-state index contributed by atoms with van der Waals surface area (Å²) in [5.74, 6) is -0.124. The number of benzene rings is 1. The third-order valence-electron chi connectivity index (χ3n) is 3.57. The van der Waals surface area contributed by atoms with E-state index in [1.807, 2.05) is 13.8 Å². The molecule has 102 valence electrons. The molecule has 0 saturated carbocycles. The van der Waals surface area contributed by atoms with Crippen molar-refractivity contribution in [3.63, 3.8) is 0 Å². The van der Waals surface area contributed by atoms with Crippen LogP contribution >= 0.6 is 0 Å². The van der Waals surface area contributed by atoms with Gasteiger partial charge in [-0.1, -0.05) is 20.8 Å². The van der Waals surface area contributed by atoms with Gasteiger partial charge in [0.2, 0.25) is 0 Å². The second-order valence-corrected chi connectivity index (χ2v) is 5.96. The van der Waals surface area contributed by atoms with E-state index in [0.717, 1.165) is 37.1 Å². The molecule has 0 unspecified atom stereocenters. The summed E-state index contributed by atoms with van der Waals surface area (Å²) in [5.41, 5.74) is 3.74. The lowest BCUT2D eigenvalue weighted by atomic mass is 9.84. The first-order valence-corrected chi connectivity index (χ1v) is 6.82. The van der Waals surface area contributed by atoms with Gasteiger partial charge in [-0.05, 0) is 67.5 Å². The van der Waals surface area contributed by atoms with Crippen LogP contribution in [0.25, 0.3) is 0 Å². The highest BCUT2D eigenvalue weighted by atomic mass is 19.1. The molecule has 1 aromatic carbocycles. The van der Waals surface area contributed by atoms with Gasteiger partial charge in [0.05, 0.1) is 0 Å². The maximum Gasteiger partial charge on any atom is 0.123 e. The normalized spacial score (nSPS) is 11.9. The van der Waals surface area contributed by atoms with Gasteiger partial charge in [0, 0.05) is 6.54 Å². The van der Waals surface area contributed by atoms with Gasteiger partial charge in [-0.25, -0.2) is 4.39 Å². The van der Waals surface area contributed by atoms with Crippen molar-refractivity contribution < 1.29 is 4.39 Å². The molecule has 0 saturated heterocycles. The average molecular weight is 251 g/mol. The molecule has 0 radical (unpaired) electrons. The Hall–Kier alpha value is -0.890. The van der Waals surface area contributed by atoms with Gasteiger partial charge in [0.15, 0.2) is 0 Å². The minimum absolute atomic E-state index is 0.124. The fourth-order valence-corrected chi connectivity index (χ4v) is 2.35. The lowest BCUT2D eigenvalue weighted by Crippen LogP contribution is -2.29. The predicted octanol–water partition coefficient (Wildman–Crippen LogP) is 4.01. The van der Waals surface area contributed by atoms with E-state index in [4.69, 9.17) is 0 Å². The van der Waals surface area contributed by atoms with Crippen molar-refractivity contribution in [1.29, 1.82) is 0 Å². The third-order valence-corrected chi connectivity index (χ3v) is 3.57. The van der Waals surface area contributed by atoms with Gasteiger partial charge in [-0.15, -0.1) is 0 Å². The zero-order valence-electron chi connectivity index (χ0n) is 12.4. The Balaban J connectivity index is 2.69. The largest absolute Gasteiger partial charge is 0.316 e. The summed E-state index contributed by atoms with van der Waals surface area (Å²) in [6, 6.07) is 3.28. The summed E-state index contributed by atoms with van der Waals surface area (Å²) in [4.78, 5) is 0. The van der Waals surface area contributed by atoms with Crippen LogP contribution in [0.3, 0.4) is 0 Å². The first-order chi connectivity index (χ1) is 8.35. The zero-order valence-corrected chi connectivity index (χ0v) is 12.4. The molecule has 0 amide bonds. The molecule has 0 heterocycles. The molecule has 0 aliphatic heterocycles. The second kappa shape index (κ2) is 6.33. The van der Waals surface area contributed by atoms with Gasteiger partial charge in [-0.3, -0.25) is 0 Å². The Morgan fingerprint density at radius 2 is 1.72 bits per heavy atom. The summed E-state index contributed by atoms with van der Waals surface area (Å²) in [6.45, 7) is 12.7. The molecular weight excluding hydrogens is 225 g/mol. The van der Waals surface area contributed by atoms with Crippen molar-refractivity contribution in [3.05, 3.63) is 34.6 Å². The summed E-state index contributed by atoms with van der Waals surface area (Å²) < 4.78 is 13.2. The maximum atomic E-state index is 13.2. The Bertz CT molecular complexity index is 373. The summed E-state index contributed by atoms with van der Waals surface area (Å²) >= 11 is 0. The molecular formula is C16H26FN. The molecule has 1 N–H and O–H groups in total. The fraction of sp³-hybridized carbons (Fsp3) is 0.625. The number of nitrogens with one attached hydrogen (secondary N) is 1. The van der Waals surface area contributed by atoms with Crippen LogP contribution in [0.4, 0.5) is 4.39 Å². The van der Waals surface area contributed by atoms with E-state index < -0.39 is 0 Å². The van der Waals surface area contributed by atoms with Crippen molar-refractivity contribution in [2.45, 2.75) is 47.5 Å². The van der Waals surface area contributed by atoms with E-state index >= 15 is 0 Å². The van der Waals surface area contributed by atoms with E-state index in [1.54, 1.807) is 12.1 Å². The number of halogens is 1. The molecule has 2 heteroatoms. The van der Waals surface area contributed by atoms with E-state index in [9.17, 15) is 4.39 Å². The van der Waals surface area contributed by atoms with Crippen molar-refractivity contribution >= 4 is 0 Å². The minimum Gasteiger partial charge on any atom is -0.316 e. The van der Waals surface area contributed by atoms with Gasteiger partial charge in [0.25, 0.3) is 0 Å². The van der Waals surface area contributed by atoms with Crippen molar-refractivity contribution in [1.82, 2.24) is 5.32 Å². The zero-order chi connectivity index (χ0) is 13.8. The summed E-state index contributed by atoms with van der Waals surface area (Å²) in [5, 5.41) is 3.40. The molecule has 0 atom stereocenters. The molecule has 1 aromatic rings. The molecule has 18 heavy (non-hydrogen) atoms. The Morgan fingerprint density at radius 3 is 2.22 bits per heavy atom. The molecule has 0 aromatic heterocycles. The van der Waals surface area contributed by atoms with Crippen molar-refractivity contribution in [2.75, 3.05) is 13.1 Å². The quantitative estimate of drug-likeness (QED) is 0.805. The fourth-order valence-electron chi connectivity index (χ4n) is 2.35. The van der Waals surface area contributed by atoms with E-state index in [1.165, 1.54) is 5.56 Å². The Labute approximate surface area is 111 Å². The van der Waals surface area contributed by atoms with Gasteiger partial charge < -0.3 is 5.32 Å². The Morgan fingerprint density at radius 1 is 1.17 bits per heavy atom.